The predicted octanol–water partition coefficient (Wildman–Crippen LogP) is 1.25. The zero-order chi connectivity index (χ0) is 20.7. The minimum Gasteiger partial charge on any atom is -0.473 e. The van der Waals surface area contributed by atoms with Crippen LogP contribution in [-0.4, -0.2) is 66.0 Å². The number of piperazine rings is 1. The van der Waals surface area contributed by atoms with Crippen LogP contribution in [0.4, 0.5) is 0 Å². The van der Waals surface area contributed by atoms with Crippen LogP contribution in [0.15, 0.2) is 52.0 Å². The molecule has 0 aliphatic carbocycles. The smallest absolute Gasteiger partial charge is 0.414 e. The average Bonchev–Trinajstić information content (AvgIpc) is 3.16. The summed E-state index contributed by atoms with van der Waals surface area (Å²) >= 11 is 0. The van der Waals surface area contributed by atoms with Gasteiger partial charge in [0.15, 0.2) is 0 Å². The minimum absolute atomic E-state index is 0.373. The molecule has 1 aromatic heterocycles. The third-order valence-corrected chi connectivity index (χ3v) is 6.05. The van der Waals surface area contributed by atoms with E-state index in [1.165, 1.54) is 0 Å². The number of sulfonamides is 1. The molecular formula is C18H22N2O7S. The lowest BCUT2D eigenvalue weighted by Gasteiger charge is -2.33. The summed E-state index contributed by atoms with van der Waals surface area (Å²) in [5, 5.41) is 14.8. The molecule has 1 aliphatic heterocycles. The molecule has 10 heteroatoms. The second-order valence-corrected chi connectivity index (χ2v) is 8.12. The lowest BCUT2D eigenvalue weighted by atomic mass is 10.2. The average molecular weight is 410 g/mol. The maximum absolute atomic E-state index is 12.6. The number of carbonyl (C=O) groups is 2. The summed E-state index contributed by atoms with van der Waals surface area (Å²) in [6.07, 6.45) is 1.66. The zero-order valence-electron chi connectivity index (χ0n) is 15.3. The first-order chi connectivity index (χ1) is 13.2. The fourth-order valence-corrected chi connectivity index (χ4v) is 4.03. The highest BCUT2D eigenvalue weighted by Crippen LogP contribution is 2.19. The van der Waals surface area contributed by atoms with Gasteiger partial charge in [-0.2, -0.15) is 4.31 Å². The van der Waals surface area contributed by atoms with Gasteiger partial charge in [-0.3, -0.25) is 4.90 Å². The Labute approximate surface area is 162 Å². The standard InChI is InChI=1S/C16H20N2O3S.C2H2O4/c1-14-4-6-16(7-5-14)22(19,20)18-10-8-17(9-11-18)13-15-3-2-12-21-15;3-1(4)2(5)6/h2-7,12H,8-11,13H2,1H3;(H,3,4)(H,5,6). The number of rotatable bonds is 4. The van der Waals surface area contributed by atoms with Crippen molar-refractivity contribution < 1.29 is 32.6 Å². The Morgan fingerprint density at radius 2 is 1.57 bits per heavy atom. The fourth-order valence-electron chi connectivity index (χ4n) is 2.61. The first-order valence-corrected chi connectivity index (χ1v) is 9.92. The van der Waals surface area contributed by atoms with E-state index >= 15 is 0 Å². The molecule has 1 aromatic carbocycles. The second-order valence-electron chi connectivity index (χ2n) is 6.18. The van der Waals surface area contributed by atoms with Crippen LogP contribution < -0.4 is 0 Å². The van der Waals surface area contributed by atoms with Crippen molar-refractivity contribution in [1.82, 2.24) is 9.21 Å². The number of carboxylic acids is 2. The van der Waals surface area contributed by atoms with Crippen LogP contribution in [0, 0.1) is 6.92 Å². The number of furan rings is 1. The summed E-state index contributed by atoms with van der Waals surface area (Å²) in [4.78, 5) is 20.8. The molecule has 9 nitrogen and oxygen atoms in total. The van der Waals surface area contributed by atoms with Gasteiger partial charge < -0.3 is 14.6 Å². The second kappa shape index (κ2) is 9.49. The number of aryl methyl sites for hydroxylation is 1. The number of aliphatic carboxylic acids is 2. The van der Waals surface area contributed by atoms with Gasteiger partial charge in [-0.15, -0.1) is 0 Å². The first kappa shape index (κ1) is 21.6. The lowest BCUT2D eigenvalue weighted by molar-refractivity contribution is -0.159. The Hall–Kier alpha value is -2.69. The highest BCUT2D eigenvalue weighted by Gasteiger charge is 2.28. The van der Waals surface area contributed by atoms with Crippen molar-refractivity contribution in [1.29, 1.82) is 0 Å². The van der Waals surface area contributed by atoms with E-state index in [0.29, 0.717) is 31.1 Å². The van der Waals surface area contributed by atoms with E-state index in [0.717, 1.165) is 17.9 Å². The third-order valence-electron chi connectivity index (χ3n) is 4.13. The molecule has 0 atom stereocenters. The topological polar surface area (TPSA) is 128 Å². The van der Waals surface area contributed by atoms with Crippen LogP contribution in [0.3, 0.4) is 0 Å². The molecule has 28 heavy (non-hydrogen) atoms. The summed E-state index contributed by atoms with van der Waals surface area (Å²) in [5.74, 6) is -2.74. The quantitative estimate of drug-likeness (QED) is 0.721. The molecule has 2 N–H and O–H groups in total. The third kappa shape index (κ3) is 5.91. The van der Waals surface area contributed by atoms with Crippen molar-refractivity contribution in [3.63, 3.8) is 0 Å². The first-order valence-electron chi connectivity index (χ1n) is 8.48. The van der Waals surface area contributed by atoms with Crippen molar-refractivity contribution >= 4 is 22.0 Å². The normalized spacial score (nSPS) is 15.5. The SMILES string of the molecule is Cc1ccc(S(=O)(=O)N2CCN(Cc3ccco3)CC2)cc1.O=C(O)C(=O)O. The molecule has 1 fully saturated rings. The maximum Gasteiger partial charge on any atom is 0.414 e. The molecule has 0 bridgehead atoms. The number of hydrogen-bond acceptors (Lipinski definition) is 6. The van der Waals surface area contributed by atoms with Gasteiger partial charge in [0.25, 0.3) is 0 Å². The Bertz CT molecular complexity index is 873. The molecular weight excluding hydrogens is 388 g/mol. The van der Waals surface area contributed by atoms with Crippen LogP contribution in [0.1, 0.15) is 11.3 Å². The highest BCUT2D eigenvalue weighted by molar-refractivity contribution is 7.89. The Morgan fingerprint density at radius 1 is 1.00 bits per heavy atom. The van der Waals surface area contributed by atoms with Crippen LogP contribution in [0.5, 0.6) is 0 Å². The van der Waals surface area contributed by atoms with E-state index in [-0.39, 0.29) is 0 Å². The molecule has 0 spiro atoms. The van der Waals surface area contributed by atoms with Crippen LogP contribution in [0.2, 0.25) is 0 Å². The maximum atomic E-state index is 12.6. The van der Waals surface area contributed by atoms with Gasteiger partial charge in [0.1, 0.15) is 5.76 Å². The molecule has 0 amide bonds. The molecule has 3 rings (SSSR count). The molecule has 2 heterocycles. The van der Waals surface area contributed by atoms with Gasteiger partial charge >= 0.3 is 11.9 Å². The molecule has 0 radical (unpaired) electrons. The largest absolute Gasteiger partial charge is 0.473 e. The summed E-state index contributed by atoms with van der Waals surface area (Å²) in [7, 11) is -3.38. The van der Waals surface area contributed by atoms with Gasteiger partial charge in [0.05, 0.1) is 17.7 Å². The lowest BCUT2D eigenvalue weighted by Crippen LogP contribution is -2.48. The highest BCUT2D eigenvalue weighted by atomic mass is 32.2. The Morgan fingerprint density at radius 3 is 2.04 bits per heavy atom. The molecule has 0 unspecified atom stereocenters. The molecule has 1 saturated heterocycles. The monoisotopic (exact) mass is 410 g/mol. The van der Waals surface area contributed by atoms with E-state index in [2.05, 4.69) is 4.90 Å². The van der Waals surface area contributed by atoms with E-state index in [1.807, 2.05) is 31.2 Å². The van der Waals surface area contributed by atoms with E-state index in [4.69, 9.17) is 24.2 Å². The number of carboxylic acid groups (broad SMARTS) is 2. The predicted molar refractivity (Wildman–Crippen MR) is 99.2 cm³/mol. The number of benzene rings is 1. The van der Waals surface area contributed by atoms with Gasteiger partial charge in [-0.25, -0.2) is 18.0 Å². The zero-order valence-corrected chi connectivity index (χ0v) is 16.1. The van der Waals surface area contributed by atoms with Crippen LogP contribution in [0.25, 0.3) is 0 Å². The van der Waals surface area contributed by atoms with Crippen molar-refractivity contribution in [2.24, 2.45) is 0 Å². The molecule has 2 aromatic rings. The van der Waals surface area contributed by atoms with Gasteiger partial charge in [0.2, 0.25) is 10.0 Å². The summed E-state index contributed by atoms with van der Waals surface area (Å²) in [6, 6.07) is 10.8. The van der Waals surface area contributed by atoms with Crippen molar-refractivity contribution in [3.8, 4) is 0 Å². The van der Waals surface area contributed by atoms with E-state index in [1.54, 1.807) is 22.7 Å². The van der Waals surface area contributed by atoms with Crippen LogP contribution in [-0.2, 0) is 26.2 Å². The minimum atomic E-state index is -3.38. The number of hydrogen-bond donors (Lipinski definition) is 2. The number of nitrogens with zero attached hydrogens (tertiary/aromatic N) is 2. The molecule has 0 saturated carbocycles. The van der Waals surface area contributed by atoms with Gasteiger partial charge in [0, 0.05) is 26.2 Å². The van der Waals surface area contributed by atoms with Crippen LogP contribution >= 0.6 is 0 Å². The Kier molecular flexibility index (Phi) is 7.32. The fraction of sp³-hybridized carbons (Fsp3) is 0.333. The van der Waals surface area contributed by atoms with Crippen molar-refractivity contribution in [2.45, 2.75) is 18.4 Å². The Balaban J connectivity index is 0.000000409. The summed E-state index contributed by atoms with van der Waals surface area (Å²) in [6.45, 7) is 5.13. The summed E-state index contributed by atoms with van der Waals surface area (Å²) in [5.41, 5.74) is 1.06. The van der Waals surface area contributed by atoms with Crippen molar-refractivity contribution in [2.75, 3.05) is 26.2 Å². The van der Waals surface area contributed by atoms with Crippen molar-refractivity contribution in [3.05, 3.63) is 54.0 Å². The van der Waals surface area contributed by atoms with E-state index < -0.39 is 22.0 Å². The summed E-state index contributed by atoms with van der Waals surface area (Å²) < 4.78 is 32.1. The van der Waals surface area contributed by atoms with E-state index in [9.17, 15) is 8.42 Å². The molecule has 152 valence electrons. The molecule has 1 aliphatic rings. The van der Waals surface area contributed by atoms with Gasteiger partial charge in [-0.1, -0.05) is 17.7 Å². The van der Waals surface area contributed by atoms with Gasteiger partial charge in [-0.05, 0) is 31.2 Å².